The summed E-state index contributed by atoms with van der Waals surface area (Å²) in [4.78, 5) is 0. The van der Waals surface area contributed by atoms with Gasteiger partial charge in [0.25, 0.3) is 0 Å². The molecule has 0 amide bonds. The molecule has 3 aromatic rings. The highest BCUT2D eigenvalue weighted by Gasteiger charge is 2.20. The lowest BCUT2D eigenvalue weighted by Crippen LogP contribution is -2.12. The highest BCUT2D eigenvalue weighted by Crippen LogP contribution is 2.35. The number of aryl methyl sites for hydroxylation is 2. The molecule has 3 aromatic carbocycles. The van der Waals surface area contributed by atoms with E-state index in [4.69, 9.17) is 4.74 Å². The summed E-state index contributed by atoms with van der Waals surface area (Å²) in [6.45, 7) is 4.98. The Balaban J connectivity index is 1.43. The Morgan fingerprint density at radius 1 is 0.900 bits per heavy atom. The SMILES string of the molecule is C/C=C/CCOc1ccc(-c2ccc3c(c2)CCC(c2ccc(CC)cc2)C3)cc1. The van der Waals surface area contributed by atoms with Crippen molar-refractivity contribution in [2.75, 3.05) is 6.61 Å². The minimum atomic E-state index is 0.647. The van der Waals surface area contributed by atoms with Crippen LogP contribution in [0.1, 0.15) is 54.9 Å². The van der Waals surface area contributed by atoms with Gasteiger partial charge in [0, 0.05) is 0 Å². The summed E-state index contributed by atoms with van der Waals surface area (Å²) in [5.74, 6) is 1.59. The van der Waals surface area contributed by atoms with E-state index in [1.54, 1.807) is 0 Å². The molecule has 0 saturated heterocycles. The molecule has 0 fully saturated rings. The number of rotatable bonds is 7. The summed E-state index contributed by atoms with van der Waals surface area (Å²) in [6.07, 6.45) is 9.81. The second-order valence-corrected chi connectivity index (χ2v) is 8.25. The van der Waals surface area contributed by atoms with E-state index < -0.39 is 0 Å². The molecule has 0 spiro atoms. The van der Waals surface area contributed by atoms with Crippen LogP contribution >= 0.6 is 0 Å². The number of hydrogen-bond acceptors (Lipinski definition) is 1. The zero-order valence-corrected chi connectivity index (χ0v) is 18.2. The summed E-state index contributed by atoms with van der Waals surface area (Å²) in [7, 11) is 0. The first-order valence-electron chi connectivity index (χ1n) is 11.3. The Bertz CT molecular complexity index is 980. The fourth-order valence-corrected chi connectivity index (χ4v) is 4.40. The van der Waals surface area contributed by atoms with E-state index in [2.05, 4.69) is 85.8 Å². The van der Waals surface area contributed by atoms with Gasteiger partial charge in [-0.15, -0.1) is 0 Å². The van der Waals surface area contributed by atoms with Crippen LogP contribution in [0.5, 0.6) is 5.75 Å². The van der Waals surface area contributed by atoms with Gasteiger partial charge in [0.2, 0.25) is 0 Å². The van der Waals surface area contributed by atoms with Crippen molar-refractivity contribution in [1.82, 2.24) is 0 Å². The average molecular weight is 397 g/mol. The monoisotopic (exact) mass is 396 g/mol. The maximum Gasteiger partial charge on any atom is 0.119 e. The minimum absolute atomic E-state index is 0.647. The van der Waals surface area contributed by atoms with E-state index in [1.807, 2.05) is 6.92 Å². The summed E-state index contributed by atoms with van der Waals surface area (Å²) >= 11 is 0. The van der Waals surface area contributed by atoms with Crippen LogP contribution in [-0.4, -0.2) is 6.61 Å². The Morgan fingerprint density at radius 2 is 1.67 bits per heavy atom. The van der Waals surface area contributed by atoms with Crippen LogP contribution in [0.2, 0.25) is 0 Å². The maximum absolute atomic E-state index is 5.81. The van der Waals surface area contributed by atoms with Crippen molar-refractivity contribution < 1.29 is 4.74 Å². The van der Waals surface area contributed by atoms with Gasteiger partial charge in [0.15, 0.2) is 0 Å². The molecule has 0 radical (unpaired) electrons. The standard InChI is InChI=1S/C29H32O/c1-3-5-6-19-30-29-17-15-24(16-18-29)26-12-14-27-20-25(11-13-28(27)21-26)23-9-7-22(4-2)8-10-23/h3,5,7-10,12,14-18,21,25H,4,6,11,13,19-20H2,1-2H3/b5-3+. The van der Waals surface area contributed by atoms with Gasteiger partial charge in [0.1, 0.15) is 5.75 Å². The summed E-state index contributed by atoms with van der Waals surface area (Å²) in [6, 6.07) is 24.8. The van der Waals surface area contributed by atoms with Crippen molar-refractivity contribution in [3.63, 3.8) is 0 Å². The molecule has 0 heterocycles. The first-order chi connectivity index (χ1) is 14.8. The van der Waals surface area contributed by atoms with Gasteiger partial charge in [-0.3, -0.25) is 0 Å². The minimum Gasteiger partial charge on any atom is -0.493 e. The molecular formula is C29H32O. The van der Waals surface area contributed by atoms with Crippen molar-refractivity contribution in [1.29, 1.82) is 0 Å². The normalized spacial score (nSPS) is 15.9. The number of fused-ring (bicyclic) bond motifs is 1. The molecule has 1 nitrogen and oxygen atoms in total. The van der Waals surface area contributed by atoms with Crippen LogP contribution in [0.15, 0.2) is 78.9 Å². The molecule has 1 aliphatic rings. The average Bonchev–Trinajstić information content (AvgIpc) is 2.81. The number of benzene rings is 3. The van der Waals surface area contributed by atoms with E-state index in [0.29, 0.717) is 5.92 Å². The van der Waals surface area contributed by atoms with Crippen LogP contribution in [0.25, 0.3) is 11.1 Å². The predicted octanol–water partition coefficient (Wildman–Crippen LogP) is 7.53. The van der Waals surface area contributed by atoms with Crippen molar-refractivity contribution in [2.45, 2.75) is 51.9 Å². The van der Waals surface area contributed by atoms with E-state index in [-0.39, 0.29) is 0 Å². The Kier molecular flexibility index (Phi) is 6.69. The van der Waals surface area contributed by atoms with E-state index in [0.717, 1.165) is 38.0 Å². The van der Waals surface area contributed by atoms with Gasteiger partial charge in [0.05, 0.1) is 6.61 Å². The van der Waals surface area contributed by atoms with E-state index in [9.17, 15) is 0 Å². The highest BCUT2D eigenvalue weighted by molar-refractivity contribution is 5.66. The smallest absolute Gasteiger partial charge is 0.119 e. The van der Waals surface area contributed by atoms with Crippen LogP contribution in [0.3, 0.4) is 0 Å². The topological polar surface area (TPSA) is 9.23 Å². The lowest BCUT2D eigenvalue weighted by Gasteiger charge is -2.26. The Labute approximate surface area is 181 Å². The first kappa shape index (κ1) is 20.5. The molecule has 154 valence electrons. The third-order valence-corrected chi connectivity index (χ3v) is 6.27. The molecule has 1 heteroatoms. The van der Waals surface area contributed by atoms with Crippen molar-refractivity contribution in [2.24, 2.45) is 0 Å². The second kappa shape index (κ2) is 9.80. The second-order valence-electron chi connectivity index (χ2n) is 8.25. The van der Waals surface area contributed by atoms with Gasteiger partial charge in [-0.1, -0.05) is 73.7 Å². The van der Waals surface area contributed by atoms with Crippen LogP contribution in [0.4, 0.5) is 0 Å². The zero-order valence-electron chi connectivity index (χ0n) is 18.2. The fourth-order valence-electron chi connectivity index (χ4n) is 4.40. The molecule has 4 rings (SSSR count). The number of hydrogen-bond donors (Lipinski definition) is 0. The summed E-state index contributed by atoms with van der Waals surface area (Å²) in [5, 5.41) is 0. The van der Waals surface area contributed by atoms with E-state index in [1.165, 1.54) is 39.8 Å². The molecule has 0 bridgehead atoms. The van der Waals surface area contributed by atoms with Crippen LogP contribution < -0.4 is 4.74 Å². The Morgan fingerprint density at radius 3 is 2.40 bits per heavy atom. The molecule has 0 aliphatic heterocycles. The van der Waals surface area contributed by atoms with Gasteiger partial charge >= 0.3 is 0 Å². The number of ether oxygens (including phenoxy) is 1. The van der Waals surface area contributed by atoms with Crippen LogP contribution in [0, 0.1) is 0 Å². The quantitative estimate of drug-likeness (QED) is 0.296. The third kappa shape index (κ3) is 4.84. The van der Waals surface area contributed by atoms with Gasteiger partial charge in [-0.25, -0.2) is 0 Å². The summed E-state index contributed by atoms with van der Waals surface area (Å²) < 4.78 is 5.81. The lowest BCUT2D eigenvalue weighted by atomic mass is 9.79. The lowest BCUT2D eigenvalue weighted by molar-refractivity contribution is 0.325. The Hall–Kier alpha value is -2.80. The molecular weight excluding hydrogens is 364 g/mol. The maximum atomic E-state index is 5.81. The summed E-state index contributed by atoms with van der Waals surface area (Å²) in [5.41, 5.74) is 8.51. The van der Waals surface area contributed by atoms with Crippen molar-refractivity contribution >= 4 is 0 Å². The predicted molar refractivity (Wildman–Crippen MR) is 127 cm³/mol. The number of allylic oxidation sites excluding steroid dienone is 1. The van der Waals surface area contributed by atoms with Gasteiger partial charge in [-0.05, 0) is 90.5 Å². The van der Waals surface area contributed by atoms with Crippen molar-refractivity contribution in [3.8, 4) is 16.9 Å². The zero-order chi connectivity index (χ0) is 20.8. The molecule has 0 aromatic heterocycles. The fraction of sp³-hybridized carbons (Fsp3) is 0.310. The van der Waals surface area contributed by atoms with Gasteiger partial charge < -0.3 is 4.74 Å². The largest absolute Gasteiger partial charge is 0.493 e. The molecule has 30 heavy (non-hydrogen) atoms. The van der Waals surface area contributed by atoms with Crippen molar-refractivity contribution in [3.05, 3.63) is 101 Å². The molecule has 0 N–H and O–H groups in total. The van der Waals surface area contributed by atoms with E-state index >= 15 is 0 Å². The molecule has 1 atom stereocenters. The first-order valence-corrected chi connectivity index (χ1v) is 11.3. The molecule has 0 saturated carbocycles. The third-order valence-electron chi connectivity index (χ3n) is 6.27. The van der Waals surface area contributed by atoms with Gasteiger partial charge in [-0.2, -0.15) is 0 Å². The molecule has 1 unspecified atom stereocenters. The van der Waals surface area contributed by atoms with Crippen LogP contribution in [-0.2, 0) is 19.3 Å². The highest BCUT2D eigenvalue weighted by atomic mass is 16.5. The molecule has 1 aliphatic carbocycles.